The highest BCUT2D eigenvalue weighted by atomic mass is 79.9. The molecular formula is C8H17BrO4. The van der Waals surface area contributed by atoms with Crippen LogP contribution in [0.1, 0.15) is 34.1 Å². The van der Waals surface area contributed by atoms with E-state index in [0.29, 0.717) is 0 Å². The molecule has 13 heavy (non-hydrogen) atoms. The van der Waals surface area contributed by atoms with Gasteiger partial charge < -0.3 is 10.2 Å². The maximum atomic E-state index is 9.65. The third-order valence-corrected chi connectivity index (χ3v) is 1.03. The molecule has 0 aromatic rings. The number of aliphatic carboxylic acids is 2. The first-order valence-corrected chi connectivity index (χ1v) is 4.92. The van der Waals surface area contributed by atoms with Crippen molar-refractivity contribution in [2.24, 2.45) is 0 Å². The molecule has 0 fully saturated rings. The molecule has 5 heteroatoms. The molecule has 4 nitrogen and oxygen atoms in total. The molecule has 0 aliphatic carbocycles. The molecule has 0 bridgehead atoms. The molecule has 0 saturated heterocycles. The van der Waals surface area contributed by atoms with E-state index in [4.69, 9.17) is 10.2 Å². The molecule has 0 amide bonds. The Hall–Kier alpha value is -0.580. The number of carbonyl (C=O) groups is 2. The lowest BCUT2D eigenvalue weighted by atomic mass is 10.5. The largest absolute Gasteiger partial charge is 0.481 e. The highest BCUT2D eigenvalue weighted by Crippen LogP contribution is 1.93. The van der Waals surface area contributed by atoms with Crippen LogP contribution in [-0.2, 0) is 9.59 Å². The van der Waals surface area contributed by atoms with Crippen molar-refractivity contribution < 1.29 is 19.8 Å². The molecule has 0 heterocycles. The normalized spacial score (nSPS) is 9.62. The summed E-state index contributed by atoms with van der Waals surface area (Å²) in [5, 5.41) is 15.7. The summed E-state index contributed by atoms with van der Waals surface area (Å²) in [4.78, 5) is 18.6. The van der Waals surface area contributed by atoms with Crippen LogP contribution >= 0.6 is 15.9 Å². The van der Waals surface area contributed by atoms with Crippen LogP contribution in [0.2, 0.25) is 0 Å². The van der Waals surface area contributed by atoms with Crippen LogP contribution in [0.25, 0.3) is 0 Å². The topological polar surface area (TPSA) is 74.6 Å². The maximum Gasteiger partial charge on any atom is 0.316 e. The van der Waals surface area contributed by atoms with Crippen molar-refractivity contribution in [3.05, 3.63) is 0 Å². The van der Waals surface area contributed by atoms with Crippen molar-refractivity contribution in [2.75, 3.05) is 0 Å². The Kier molecular flexibility index (Phi) is 19.6. The summed E-state index contributed by atoms with van der Waals surface area (Å²) in [5.74, 6) is -1.57. The minimum absolute atomic E-state index is 0.222. The average Bonchev–Trinajstić information content (AvgIpc) is 2.09. The molecule has 1 unspecified atom stereocenters. The van der Waals surface area contributed by atoms with Gasteiger partial charge in [0.25, 0.3) is 0 Å². The summed E-state index contributed by atoms with van der Waals surface area (Å²) in [5.41, 5.74) is 0. The Bertz CT molecular complexity index is 134. The van der Waals surface area contributed by atoms with Gasteiger partial charge in [0, 0.05) is 6.42 Å². The number of alkyl halides is 1. The Labute approximate surface area is 87.1 Å². The van der Waals surface area contributed by atoms with E-state index >= 15 is 0 Å². The second-order valence-electron chi connectivity index (χ2n) is 1.70. The van der Waals surface area contributed by atoms with Gasteiger partial charge in [-0.3, -0.25) is 9.59 Å². The summed E-state index contributed by atoms with van der Waals surface area (Å²) in [7, 11) is 0. The number of carboxylic acids is 2. The SMILES string of the molecule is CC.CC(Br)C(=O)O.CCC(=O)O. The Balaban J connectivity index is -0.000000131. The van der Waals surface area contributed by atoms with Gasteiger partial charge in [0.15, 0.2) is 0 Å². The van der Waals surface area contributed by atoms with Crippen LogP contribution in [0.5, 0.6) is 0 Å². The molecule has 0 spiro atoms. The fourth-order valence-electron chi connectivity index (χ4n) is 0. The van der Waals surface area contributed by atoms with E-state index in [1.807, 2.05) is 13.8 Å². The third kappa shape index (κ3) is 34.5. The van der Waals surface area contributed by atoms with Crippen molar-refractivity contribution in [2.45, 2.75) is 38.9 Å². The van der Waals surface area contributed by atoms with Crippen molar-refractivity contribution in [1.82, 2.24) is 0 Å². The second kappa shape index (κ2) is 14.0. The lowest BCUT2D eigenvalue weighted by Gasteiger charge is -1.87. The first kappa shape index (κ1) is 18.3. The highest BCUT2D eigenvalue weighted by Gasteiger charge is 2.01. The number of hydrogen-bond acceptors (Lipinski definition) is 2. The first-order chi connectivity index (χ1) is 5.91. The standard InChI is InChI=1S/C3H5BrO2.C3H6O2.C2H6/c1-2(4)3(5)6;1-2-3(4)5;1-2/h2H,1H3,(H,5,6);2H2,1H3,(H,4,5);1-2H3. The van der Waals surface area contributed by atoms with Crippen LogP contribution in [0.3, 0.4) is 0 Å². The first-order valence-electron chi connectivity index (χ1n) is 4.00. The van der Waals surface area contributed by atoms with Gasteiger partial charge in [-0.1, -0.05) is 36.7 Å². The fourth-order valence-corrected chi connectivity index (χ4v) is 0. The minimum atomic E-state index is -0.824. The van der Waals surface area contributed by atoms with E-state index in [9.17, 15) is 9.59 Å². The second-order valence-corrected chi connectivity index (χ2v) is 3.08. The van der Waals surface area contributed by atoms with Crippen molar-refractivity contribution in [1.29, 1.82) is 0 Å². The molecule has 0 radical (unpaired) electrons. The van der Waals surface area contributed by atoms with E-state index in [1.54, 1.807) is 13.8 Å². The third-order valence-electron chi connectivity index (χ3n) is 0.643. The highest BCUT2D eigenvalue weighted by molar-refractivity contribution is 9.10. The minimum Gasteiger partial charge on any atom is -0.481 e. The van der Waals surface area contributed by atoms with Gasteiger partial charge in [-0.25, -0.2) is 0 Å². The van der Waals surface area contributed by atoms with E-state index in [2.05, 4.69) is 15.9 Å². The van der Waals surface area contributed by atoms with E-state index in [1.165, 1.54) is 0 Å². The van der Waals surface area contributed by atoms with Crippen LogP contribution in [0, 0.1) is 0 Å². The summed E-state index contributed by atoms with van der Waals surface area (Å²) in [6.07, 6.45) is 0.222. The Morgan fingerprint density at radius 1 is 1.31 bits per heavy atom. The molecular weight excluding hydrogens is 240 g/mol. The van der Waals surface area contributed by atoms with Gasteiger partial charge in [-0.05, 0) is 6.92 Å². The van der Waals surface area contributed by atoms with Crippen molar-refractivity contribution in [3.63, 3.8) is 0 Å². The van der Waals surface area contributed by atoms with Crippen molar-refractivity contribution in [3.8, 4) is 0 Å². The fraction of sp³-hybridized carbons (Fsp3) is 0.750. The van der Waals surface area contributed by atoms with Gasteiger partial charge >= 0.3 is 11.9 Å². The smallest absolute Gasteiger partial charge is 0.316 e. The van der Waals surface area contributed by atoms with Gasteiger partial charge in [-0.2, -0.15) is 0 Å². The van der Waals surface area contributed by atoms with E-state index < -0.39 is 16.8 Å². The van der Waals surface area contributed by atoms with Crippen LogP contribution in [0.4, 0.5) is 0 Å². The summed E-state index contributed by atoms with van der Waals surface area (Å²) in [6.45, 7) is 7.16. The molecule has 0 aliphatic rings. The number of carboxylic acid groups (broad SMARTS) is 2. The lowest BCUT2D eigenvalue weighted by molar-refractivity contribution is -0.137. The van der Waals surface area contributed by atoms with Crippen LogP contribution in [-0.4, -0.2) is 27.0 Å². The zero-order valence-electron chi connectivity index (χ0n) is 8.37. The van der Waals surface area contributed by atoms with Gasteiger partial charge in [0.2, 0.25) is 0 Å². The van der Waals surface area contributed by atoms with Crippen LogP contribution in [0.15, 0.2) is 0 Å². The predicted octanol–water partition coefficient (Wildman–Crippen LogP) is 2.36. The quantitative estimate of drug-likeness (QED) is 0.744. The van der Waals surface area contributed by atoms with Gasteiger partial charge in [0.05, 0.1) is 0 Å². The Morgan fingerprint density at radius 3 is 1.46 bits per heavy atom. The molecule has 0 saturated carbocycles. The molecule has 0 rings (SSSR count). The zero-order valence-corrected chi connectivity index (χ0v) is 9.96. The molecule has 0 aromatic carbocycles. The molecule has 0 aromatic heterocycles. The van der Waals surface area contributed by atoms with E-state index in [0.717, 1.165) is 0 Å². The van der Waals surface area contributed by atoms with E-state index in [-0.39, 0.29) is 6.42 Å². The maximum absolute atomic E-state index is 9.65. The zero-order chi connectivity index (χ0) is 11.4. The summed E-state index contributed by atoms with van der Waals surface area (Å²) in [6, 6.07) is 0. The Morgan fingerprint density at radius 2 is 1.46 bits per heavy atom. The molecule has 1 atom stereocenters. The number of hydrogen-bond donors (Lipinski definition) is 2. The van der Waals surface area contributed by atoms with Gasteiger partial charge in [0.1, 0.15) is 4.83 Å². The van der Waals surface area contributed by atoms with Gasteiger partial charge in [-0.15, -0.1) is 0 Å². The van der Waals surface area contributed by atoms with Crippen LogP contribution < -0.4 is 0 Å². The average molecular weight is 257 g/mol. The monoisotopic (exact) mass is 256 g/mol. The molecule has 2 N–H and O–H groups in total. The molecule has 80 valence electrons. The lowest BCUT2D eigenvalue weighted by Crippen LogP contribution is -2.06. The van der Waals surface area contributed by atoms with Crippen molar-refractivity contribution >= 4 is 27.9 Å². The summed E-state index contributed by atoms with van der Waals surface area (Å²) >= 11 is 2.84. The molecule has 0 aliphatic heterocycles. The number of halogens is 1. The number of rotatable bonds is 2. The predicted molar refractivity (Wildman–Crippen MR) is 55.3 cm³/mol. The summed E-state index contributed by atoms with van der Waals surface area (Å²) < 4.78 is 0.